The Hall–Kier alpha value is -2.43. The standard InChI is InChI=1S/C19H25F3N5O13P3/c1-2-6-36-12-7-14(38-13(12)9-37-42(32,33)40-43(34,35)39-41(29,30)31)27-8-11(15-16(23)25-10-26-17(15)27)4-3-5-24-18(28)19(20,21)22/h8,10,12-14H,2,5-7,9H2,1H3,(H,24,28)(H,32,33)(H,34,35)(H2,23,25,26)(H2,29,30,31)/t12-,13?,14-/m1/s1. The number of ether oxygens (including phenoxy) is 2. The minimum Gasteiger partial charge on any atom is -0.383 e. The zero-order valence-corrected chi connectivity index (χ0v) is 24.5. The van der Waals surface area contributed by atoms with Crippen molar-refractivity contribution in [3.8, 4) is 11.8 Å². The lowest BCUT2D eigenvalue weighted by Gasteiger charge is -2.21. The van der Waals surface area contributed by atoms with Gasteiger partial charge in [-0.3, -0.25) is 9.32 Å². The topological polar surface area (TPSA) is 264 Å². The number of carbonyl (C=O) groups is 1. The number of phosphoric ester groups is 1. The molecular weight excluding hydrogens is 656 g/mol. The molecule has 1 fully saturated rings. The number of carbonyl (C=O) groups excluding carboxylic acids is 1. The first kappa shape index (κ1) is 35.1. The lowest BCUT2D eigenvalue weighted by Crippen LogP contribution is -2.36. The van der Waals surface area contributed by atoms with Gasteiger partial charge in [-0.2, -0.15) is 21.8 Å². The molecule has 1 aliphatic rings. The van der Waals surface area contributed by atoms with Crippen LogP contribution in [0.2, 0.25) is 0 Å². The summed E-state index contributed by atoms with van der Waals surface area (Å²) in [6, 6.07) is 0. The molecule has 24 heteroatoms. The summed E-state index contributed by atoms with van der Waals surface area (Å²) in [6.07, 6.45) is -4.77. The molecule has 7 N–H and O–H groups in total. The van der Waals surface area contributed by atoms with Crippen molar-refractivity contribution in [2.75, 3.05) is 25.5 Å². The van der Waals surface area contributed by atoms with E-state index in [1.54, 1.807) is 12.2 Å². The van der Waals surface area contributed by atoms with E-state index < -0.39 is 67.1 Å². The molecule has 2 aromatic heterocycles. The van der Waals surface area contributed by atoms with Crippen LogP contribution in [-0.4, -0.2) is 78.2 Å². The maximum Gasteiger partial charge on any atom is 0.490 e. The van der Waals surface area contributed by atoms with Gasteiger partial charge in [0.2, 0.25) is 0 Å². The molecule has 3 unspecified atom stereocenters. The number of nitrogens with zero attached hydrogens (tertiary/aromatic N) is 3. The van der Waals surface area contributed by atoms with Crippen LogP contribution in [0.3, 0.4) is 0 Å². The van der Waals surface area contributed by atoms with Gasteiger partial charge in [0.15, 0.2) is 0 Å². The van der Waals surface area contributed by atoms with Crippen LogP contribution in [0, 0.1) is 11.8 Å². The Bertz CT molecular complexity index is 1540. The van der Waals surface area contributed by atoms with Crippen molar-refractivity contribution >= 4 is 46.2 Å². The smallest absolute Gasteiger partial charge is 0.383 e. The molecule has 0 saturated carbocycles. The molecule has 5 atom stereocenters. The summed E-state index contributed by atoms with van der Waals surface area (Å²) in [5.41, 5.74) is 6.32. The van der Waals surface area contributed by atoms with Crippen LogP contribution < -0.4 is 11.1 Å². The summed E-state index contributed by atoms with van der Waals surface area (Å²) >= 11 is 0. The Kier molecular flexibility index (Phi) is 11.2. The van der Waals surface area contributed by atoms with Gasteiger partial charge in [0, 0.05) is 19.2 Å². The average molecular weight is 681 g/mol. The van der Waals surface area contributed by atoms with Crippen molar-refractivity contribution in [1.29, 1.82) is 0 Å². The number of phosphoric acid groups is 3. The van der Waals surface area contributed by atoms with E-state index in [1.165, 1.54) is 10.8 Å². The molecule has 18 nitrogen and oxygen atoms in total. The van der Waals surface area contributed by atoms with E-state index in [1.807, 2.05) is 0 Å². The van der Waals surface area contributed by atoms with E-state index >= 15 is 0 Å². The number of hydrogen-bond donors (Lipinski definition) is 6. The second-order valence-corrected chi connectivity index (χ2v) is 13.0. The third kappa shape index (κ3) is 10.0. The fourth-order valence-electron chi connectivity index (χ4n) is 3.72. The fraction of sp³-hybridized carbons (Fsp3) is 0.526. The van der Waals surface area contributed by atoms with Gasteiger partial charge in [0.1, 0.15) is 30.1 Å². The molecule has 43 heavy (non-hydrogen) atoms. The Morgan fingerprint density at radius 3 is 2.53 bits per heavy atom. The molecule has 240 valence electrons. The highest BCUT2D eigenvalue weighted by Gasteiger charge is 2.44. The van der Waals surface area contributed by atoms with Crippen LogP contribution in [0.15, 0.2) is 12.5 Å². The highest BCUT2D eigenvalue weighted by molar-refractivity contribution is 7.66. The van der Waals surface area contributed by atoms with Gasteiger partial charge in [-0.15, -0.1) is 0 Å². The number of nitrogens with one attached hydrogen (secondary N) is 1. The number of alkyl halides is 3. The van der Waals surface area contributed by atoms with Crippen molar-refractivity contribution in [3.05, 3.63) is 18.1 Å². The molecule has 1 aliphatic heterocycles. The first-order valence-electron chi connectivity index (χ1n) is 11.8. The summed E-state index contributed by atoms with van der Waals surface area (Å²) in [7, 11) is -16.8. The molecule has 1 amide bonds. The van der Waals surface area contributed by atoms with Gasteiger partial charge in [-0.1, -0.05) is 18.8 Å². The zero-order valence-electron chi connectivity index (χ0n) is 21.8. The second-order valence-electron chi connectivity index (χ2n) is 8.55. The van der Waals surface area contributed by atoms with Crippen LogP contribution in [0.25, 0.3) is 11.0 Å². The van der Waals surface area contributed by atoms with E-state index in [0.717, 1.165) is 6.33 Å². The van der Waals surface area contributed by atoms with Gasteiger partial charge < -0.3 is 44.7 Å². The fourth-order valence-corrected chi connectivity index (χ4v) is 6.75. The van der Waals surface area contributed by atoms with E-state index in [9.17, 15) is 41.4 Å². The molecule has 0 spiro atoms. The highest BCUT2D eigenvalue weighted by Crippen LogP contribution is 2.66. The summed E-state index contributed by atoms with van der Waals surface area (Å²) in [4.78, 5) is 55.5. The molecule has 1 saturated heterocycles. The third-order valence-electron chi connectivity index (χ3n) is 5.30. The number of halogens is 3. The number of anilines is 1. The number of fused-ring (bicyclic) bond motifs is 1. The van der Waals surface area contributed by atoms with Crippen LogP contribution >= 0.6 is 23.5 Å². The summed E-state index contributed by atoms with van der Waals surface area (Å²) in [5.74, 6) is 2.76. The highest BCUT2D eigenvalue weighted by atomic mass is 31.3. The molecule has 0 bridgehead atoms. The SMILES string of the molecule is CCCO[C@@H]1C[C@H](n2cc(C#CCNC(=O)C(F)(F)F)c3c(N)ncnc32)OC1COP(=O)(O)OP(=O)(O)OP(=O)(O)O. The number of rotatable bonds is 12. The molecule has 2 aromatic rings. The summed E-state index contributed by atoms with van der Waals surface area (Å²) < 4.78 is 97.0. The minimum absolute atomic E-state index is 0.0339. The van der Waals surface area contributed by atoms with E-state index in [0.29, 0.717) is 6.42 Å². The van der Waals surface area contributed by atoms with Crippen molar-refractivity contribution in [3.63, 3.8) is 0 Å². The first-order valence-corrected chi connectivity index (χ1v) is 16.3. The number of nitrogens with two attached hydrogens (primary N) is 1. The normalized spacial score (nSPS) is 22.0. The molecule has 0 radical (unpaired) electrons. The van der Waals surface area contributed by atoms with E-state index in [2.05, 4.69) is 30.4 Å². The Balaban J connectivity index is 1.81. The van der Waals surface area contributed by atoms with E-state index in [4.69, 9.17) is 29.5 Å². The number of nitrogen functional groups attached to an aromatic ring is 1. The third-order valence-corrected chi connectivity index (χ3v) is 9.10. The van der Waals surface area contributed by atoms with Crippen molar-refractivity contribution in [1.82, 2.24) is 19.9 Å². The maximum atomic E-state index is 12.4. The second kappa shape index (κ2) is 13.7. The van der Waals surface area contributed by atoms with Crippen LogP contribution in [0.4, 0.5) is 19.0 Å². The van der Waals surface area contributed by atoms with Crippen molar-refractivity contribution in [2.45, 2.75) is 44.4 Å². The van der Waals surface area contributed by atoms with Gasteiger partial charge >= 0.3 is 35.6 Å². The molecule has 0 aliphatic carbocycles. The Morgan fingerprint density at radius 2 is 1.91 bits per heavy atom. The number of hydrogen-bond acceptors (Lipinski definition) is 12. The lowest BCUT2D eigenvalue weighted by molar-refractivity contribution is -0.173. The number of amides is 1. The molecular formula is C19H25F3N5O13P3. The predicted molar refractivity (Wildman–Crippen MR) is 136 cm³/mol. The van der Waals surface area contributed by atoms with Crippen molar-refractivity contribution in [2.24, 2.45) is 0 Å². The van der Waals surface area contributed by atoms with Crippen LogP contribution in [-0.2, 0) is 41.1 Å². The largest absolute Gasteiger partial charge is 0.490 e. The zero-order chi connectivity index (χ0) is 32.2. The molecule has 3 heterocycles. The Morgan fingerprint density at radius 1 is 1.21 bits per heavy atom. The van der Waals surface area contributed by atoms with Gasteiger partial charge in [-0.25, -0.2) is 23.7 Å². The average Bonchev–Trinajstić information content (AvgIpc) is 3.43. The van der Waals surface area contributed by atoms with Crippen molar-refractivity contribution < 1.29 is 73.9 Å². The molecule has 0 aromatic carbocycles. The maximum absolute atomic E-state index is 12.4. The van der Waals surface area contributed by atoms with Crippen LogP contribution in [0.1, 0.15) is 31.6 Å². The van der Waals surface area contributed by atoms with Gasteiger partial charge in [-0.05, 0) is 6.42 Å². The lowest BCUT2D eigenvalue weighted by atomic mass is 10.2. The Labute approximate surface area is 240 Å². The van der Waals surface area contributed by atoms with Gasteiger partial charge in [0.05, 0.1) is 30.2 Å². The minimum atomic E-state index is -5.74. The molecule has 3 rings (SSSR count). The quantitative estimate of drug-likeness (QED) is 0.137. The summed E-state index contributed by atoms with van der Waals surface area (Å²) in [5, 5.41) is 1.82. The monoisotopic (exact) mass is 681 g/mol. The number of aromatic nitrogens is 3. The summed E-state index contributed by atoms with van der Waals surface area (Å²) in [6.45, 7) is 0.592. The predicted octanol–water partition coefficient (Wildman–Crippen LogP) is 1.47. The van der Waals surface area contributed by atoms with Crippen LogP contribution in [0.5, 0.6) is 0 Å². The van der Waals surface area contributed by atoms with Gasteiger partial charge in [0.25, 0.3) is 0 Å². The first-order chi connectivity index (χ1) is 19.8. The van der Waals surface area contributed by atoms with E-state index in [-0.39, 0.29) is 35.4 Å².